The van der Waals surface area contributed by atoms with E-state index in [0.29, 0.717) is 19.2 Å². The molecule has 0 aromatic rings. The van der Waals surface area contributed by atoms with E-state index in [0.717, 1.165) is 12.8 Å². The van der Waals surface area contributed by atoms with Crippen molar-refractivity contribution in [3.8, 4) is 0 Å². The van der Waals surface area contributed by atoms with E-state index < -0.39 is 0 Å². The normalized spacial score (nSPS) is 15.9. The molecule has 0 aromatic carbocycles. The van der Waals surface area contributed by atoms with E-state index in [1.54, 1.807) is 11.8 Å². The van der Waals surface area contributed by atoms with Gasteiger partial charge in [-0.05, 0) is 26.3 Å². The molecule has 1 saturated carbocycles. The van der Waals surface area contributed by atoms with Crippen molar-refractivity contribution in [2.75, 3.05) is 26.2 Å². The maximum absolute atomic E-state index is 11.8. The van der Waals surface area contributed by atoms with Gasteiger partial charge in [0.15, 0.2) is 0 Å². The van der Waals surface area contributed by atoms with Crippen LogP contribution in [0.4, 0.5) is 0 Å². The van der Waals surface area contributed by atoms with Gasteiger partial charge in [0.1, 0.15) is 0 Å². The van der Waals surface area contributed by atoms with Gasteiger partial charge in [-0.2, -0.15) is 0 Å². The van der Waals surface area contributed by atoms with E-state index in [9.17, 15) is 9.59 Å². The highest BCUT2D eigenvalue weighted by molar-refractivity contribution is 5.79. The highest BCUT2D eigenvalue weighted by atomic mass is 16.5. The van der Waals surface area contributed by atoms with Crippen LogP contribution in [0, 0.1) is 0 Å². The number of nitrogens with one attached hydrogen (secondary N) is 1. The van der Waals surface area contributed by atoms with Crippen molar-refractivity contribution in [3.05, 3.63) is 0 Å². The van der Waals surface area contributed by atoms with Crippen LogP contribution in [0.1, 0.15) is 39.5 Å². The van der Waals surface area contributed by atoms with Crippen molar-refractivity contribution >= 4 is 11.9 Å². The van der Waals surface area contributed by atoms with Gasteiger partial charge < -0.3 is 10.1 Å². The Morgan fingerprint density at radius 3 is 2.44 bits per heavy atom. The molecule has 5 heteroatoms. The summed E-state index contributed by atoms with van der Waals surface area (Å²) in [7, 11) is 0. The third-order valence-electron chi connectivity index (χ3n) is 3.19. The lowest BCUT2D eigenvalue weighted by Crippen LogP contribution is -2.43. The van der Waals surface area contributed by atoms with E-state index in [1.165, 1.54) is 12.8 Å². The Hall–Kier alpha value is -1.10. The summed E-state index contributed by atoms with van der Waals surface area (Å²) in [5.41, 5.74) is 0. The SMILES string of the molecule is CCOC(=O)CN(CC)CC(=O)NC1CCCC1. The van der Waals surface area contributed by atoms with Crippen LogP contribution in [0.5, 0.6) is 0 Å². The lowest BCUT2D eigenvalue weighted by atomic mass is 10.2. The Balaban J connectivity index is 2.27. The summed E-state index contributed by atoms with van der Waals surface area (Å²) in [5.74, 6) is -0.263. The Morgan fingerprint density at radius 1 is 1.22 bits per heavy atom. The molecule has 0 heterocycles. The number of hydrogen-bond acceptors (Lipinski definition) is 4. The molecule has 0 saturated heterocycles. The van der Waals surface area contributed by atoms with Crippen LogP contribution in [0.2, 0.25) is 0 Å². The molecule has 104 valence electrons. The number of hydrogen-bond donors (Lipinski definition) is 1. The Labute approximate surface area is 109 Å². The number of nitrogens with zero attached hydrogens (tertiary/aromatic N) is 1. The molecule has 5 nitrogen and oxygen atoms in total. The van der Waals surface area contributed by atoms with Crippen LogP contribution in [0.15, 0.2) is 0 Å². The van der Waals surface area contributed by atoms with E-state index in [2.05, 4.69) is 5.32 Å². The van der Waals surface area contributed by atoms with Gasteiger partial charge in [-0.3, -0.25) is 14.5 Å². The van der Waals surface area contributed by atoms with Crippen LogP contribution in [-0.2, 0) is 14.3 Å². The molecule has 1 fully saturated rings. The van der Waals surface area contributed by atoms with Crippen molar-refractivity contribution in [2.45, 2.75) is 45.6 Å². The fourth-order valence-corrected chi connectivity index (χ4v) is 2.22. The van der Waals surface area contributed by atoms with Gasteiger partial charge in [0.2, 0.25) is 5.91 Å². The first kappa shape index (κ1) is 15.0. The summed E-state index contributed by atoms with van der Waals surface area (Å²) in [6.45, 7) is 5.21. The highest BCUT2D eigenvalue weighted by Gasteiger charge is 2.19. The monoisotopic (exact) mass is 256 g/mol. The first-order valence-electron chi connectivity index (χ1n) is 6.83. The first-order chi connectivity index (χ1) is 8.65. The van der Waals surface area contributed by atoms with Gasteiger partial charge in [-0.25, -0.2) is 0 Å². The van der Waals surface area contributed by atoms with Crippen LogP contribution >= 0.6 is 0 Å². The van der Waals surface area contributed by atoms with Crippen LogP contribution < -0.4 is 5.32 Å². The number of amides is 1. The summed E-state index contributed by atoms with van der Waals surface area (Å²) < 4.78 is 4.88. The summed E-state index contributed by atoms with van der Waals surface area (Å²) >= 11 is 0. The fourth-order valence-electron chi connectivity index (χ4n) is 2.22. The third kappa shape index (κ3) is 5.49. The second-order valence-corrected chi connectivity index (χ2v) is 4.66. The molecule has 0 radical (unpaired) electrons. The molecule has 1 N–H and O–H groups in total. The largest absolute Gasteiger partial charge is 0.465 e. The number of ether oxygens (including phenoxy) is 1. The minimum absolute atomic E-state index is 0.00745. The summed E-state index contributed by atoms with van der Waals surface area (Å²) in [4.78, 5) is 24.9. The molecule has 1 amide bonds. The van der Waals surface area contributed by atoms with Gasteiger partial charge in [0.25, 0.3) is 0 Å². The average molecular weight is 256 g/mol. The first-order valence-corrected chi connectivity index (χ1v) is 6.83. The predicted octanol–water partition coefficient (Wildman–Crippen LogP) is 0.930. The molecule has 18 heavy (non-hydrogen) atoms. The molecule has 0 unspecified atom stereocenters. The molecule has 0 atom stereocenters. The molecule has 0 spiro atoms. The van der Waals surface area contributed by atoms with Gasteiger partial charge >= 0.3 is 5.97 Å². The maximum atomic E-state index is 11.8. The second-order valence-electron chi connectivity index (χ2n) is 4.66. The van der Waals surface area contributed by atoms with Crippen molar-refractivity contribution in [1.82, 2.24) is 10.2 Å². The minimum Gasteiger partial charge on any atom is -0.465 e. The average Bonchev–Trinajstić information content (AvgIpc) is 2.81. The Morgan fingerprint density at radius 2 is 1.89 bits per heavy atom. The highest BCUT2D eigenvalue weighted by Crippen LogP contribution is 2.17. The molecule has 1 rings (SSSR count). The molecule has 0 aromatic heterocycles. The molecule has 1 aliphatic rings. The van der Waals surface area contributed by atoms with Gasteiger partial charge in [-0.1, -0.05) is 19.8 Å². The topological polar surface area (TPSA) is 58.6 Å². The van der Waals surface area contributed by atoms with Crippen LogP contribution in [-0.4, -0.2) is 49.1 Å². The van der Waals surface area contributed by atoms with Gasteiger partial charge in [-0.15, -0.1) is 0 Å². The number of likely N-dealkylation sites (N-methyl/N-ethyl adjacent to an activating group) is 1. The number of esters is 1. The van der Waals surface area contributed by atoms with E-state index in [1.807, 2.05) is 6.92 Å². The molecular weight excluding hydrogens is 232 g/mol. The zero-order valence-electron chi connectivity index (χ0n) is 11.4. The Kier molecular flexibility index (Phi) is 6.72. The van der Waals surface area contributed by atoms with Crippen molar-refractivity contribution in [1.29, 1.82) is 0 Å². The van der Waals surface area contributed by atoms with Crippen LogP contribution in [0.3, 0.4) is 0 Å². The molecule has 0 aliphatic heterocycles. The number of rotatable bonds is 7. The second kappa shape index (κ2) is 8.08. The summed E-state index contributed by atoms with van der Waals surface area (Å²) in [6.07, 6.45) is 4.56. The zero-order chi connectivity index (χ0) is 13.4. The van der Waals surface area contributed by atoms with E-state index in [4.69, 9.17) is 4.74 Å². The van der Waals surface area contributed by atoms with E-state index >= 15 is 0 Å². The Bertz CT molecular complexity index is 275. The fraction of sp³-hybridized carbons (Fsp3) is 0.846. The van der Waals surface area contributed by atoms with Crippen molar-refractivity contribution in [3.63, 3.8) is 0 Å². The maximum Gasteiger partial charge on any atom is 0.320 e. The quantitative estimate of drug-likeness (QED) is 0.688. The van der Waals surface area contributed by atoms with Crippen molar-refractivity contribution in [2.24, 2.45) is 0 Å². The lowest BCUT2D eigenvalue weighted by Gasteiger charge is -2.20. The van der Waals surface area contributed by atoms with Gasteiger partial charge in [0.05, 0.1) is 19.7 Å². The number of carbonyl (C=O) groups is 2. The van der Waals surface area contributed by atoms with Crippen LogP contribution in [0.25, 0.3) is 0 Å². The standard InChI is InChI=1S/C13H24N2O3/c1-3-15(10-13(17)18-4-2)9-12(16)14-11-7-5-6-8-11/h11H,3-10H2,1-2H3,(H,14,16). The molecular formula is C13H24N2O3. The minimum atomic E-state index is -0.270. The lowest BCUT2D eigenvalue weighted by molar-refractivity contribution is -0.144. The smallest absolute Gasteiger partial charge is 0.320 e. The number of carbonyl (C=O) groups excluding carboxylic acids is 2. The summed E-state index contributed by atoms with van der Waals surface area (Å²) in [6, 6.07) is 0.332. The van der Waals surface area contributed by atoms with Crippen molar-refractivity contribution < 1.29 is 14.3 Å². The third-order valence-corrected chi connectivity index (χ3v) is 3.19. The summed E-state index contributed by atoms with van der Waals surface area (Å²) in [5, 5.41) is 3.02. The predicted molar refractivity (Wildman–Crippen MR) is 69.1 cm³/mol. The molecule has 0 bridgehead atoms. The zero-order valence-corrected chi connectivity index (χ0v) is 11.4. The van der Waals surface area contributed by atoms with Gasteiger partial charge in [0, 0.05) is 6.04 Å². The van der Waals surface area contributed by atoms with E-state index in [-0.39, 0.29) is 25.0 Å². The molecule has 1 aliphatic carbocycles.